The zero-order chi connectivity index (χ0) is 24.0. The monoisotopic (exact) mass is 451 g/mol. The normalized spacial score (nSPS) is 24.1. The first-order valence-electron chi connectivity index (χ1n) is 11.5. The molecule has 0 N–H and O–H groups in total. The minimum absolute atomic E-state index is 0.134. The van der Waals surface area contributed by atoms with Gasteiger partial charge in [-0.2, -0.15) is 0 Å². The molecule has 176 valence electrons. The second-order valence-corrected chi connectivity index (χ2v) is 10.1. The largest absolute Gasteiger partial charge is 0.497 e. The molecule has 0 spiro atoms. The molecule has 0 unspecified atom stereocenters. The summed E-state index contributed by atoms with van der Waals surface area (Å²) in [5.74, 6) is 1.53. The molecule has 1 aromatic carbocycles. The molecule has 2 aliphatic rings. The molecular weight excluding hydrogens is 417 g/mol. The predicted octanol–water partition coefficient (Wildman–Crippen LogP) is 3.57. The van der Waals surface area contributed by atoms with E-state index < -0.39 is 18.3 Å². The molecule has 33 heavy (non-hydrogen) atoms. The van der Waals surface area contributed by atoms with Gasteiger partial charge in [-0.1, -0.05) is 32.0 Å². The molecule has 7 nitrogen and oxygen atoms in total. The van der Waals surface area contributed by atoms with E-state index in [1.807, 2.05) is 6.07 Å². The van der Waals surface area contributed by atoms with E-state index in [1.54, 1.807) is 20.4 Å². The Morgan fingerprint density at radius 3 is 2.24 bits per heavy atom. The van der Waals surface area contributed by atoms with Gasteiger partial charge in [-0.25, -0.2) is 9.98 Å². The number of benzene rings is 1. The highest BCUT2D eigenvalue weighted by molar-refractivity contribution is 6.65. The maximum Gasteiger partial charge on any atom is 0.497 e. The van der Waals surface area contributed by atoms with Gasteiger partial charge in [0.25, 0.3) is 0 Å². The fourth-order valence-electron chi connectivity index (χ4n) is 4.29. The van der Waals surface area contributed by atoms with Crippen molar-refractivity contribution < 1.29 is 18.8 Å². The van der Waals surface area contributed by atoms with Crippen molar-refractivity contribution in [3.05, 3.63) is 36.0 Å². The van der Waals surface area contributed by atoms with Gasteiger partial charge in [0.1, 0.15) is 12.1 Å². The van der Waals surface area contributed by atoms with Crippen molar-refractivity contribution in [2.75, 3.05) is 14.2 Å². The molecule has 0 radical (unpaired) electrons. The first kappa shape index (κ1) is 23.7. The fraction of sp³-hybridized carbons (Fsp3) is 0.560. The van der Waals surface area contributed by atoms with E-state index in [0.29, 0.717) is 18.2 Å². The van der Waals surface area contributed by atoms with Crippen LogP contribution in [0, 0.1) is 5.92 Å². The van der Waals surface area contributed by atoms with Crippen LogP contribution in [0.5, 0.6) is 0 Å². The zero-order valence-electron chi connectivity index (χ0n) is 20.9. The van der Waals surface area contributed by atoms with Crippen molar-refractivity contribution in [3.63, 3.8) is 0 Å². The number of hydrogen-bond donors (Lipinski definition) is 0. The molecule has 2 aromatic rings. The lowest BCUT2D eigenvalue weighted by atomic mass is 9.76. The van der Waals surface area contributed by atoms with Crippen LogP contribution < -0.4 is 5.46 Å². The van der Waals surface area contributed by atoms with Crippen LogP contribution in [0.2, 0.25) is 0 Å². The summed E-state index contributed by atoms with van der Waals surface area (Å²) in [7, 11) is 2.83. The van der Waals surface area contributed by atoms with Crippen LogP contribution in [-0.2, 0) is 25.2 Å². The lowest BCUT2D eigenvalue weighted by Gasteiger charge is -2.32. The molecule has 1 saturated heterocycles. The van der Waals surface area contributed by atoms with E-state index in [1.165, 1.54) is 0 Å². The van der Waals surface area contributed by atoms with E-state index in [0.717, 1.165) is 21.9 Å². The van der Waals surface area contributed by atoms with Gasteiger partial charge in [0.15, 0.2) is 0 Å². The van der Waals surface area contributed by atoms with Crippen LogP contribution in [0.4, 0.5) is 0 Å². The summed E-state index contributed by atoms with van der Waals surface area (Å²) in [6, 6.07) is 7.80. The van der Waals surface area contributed by atoms with Crippen LogP contribution in [0.1, 0.15) is 47.1 Å². The summed E-state index contributed by atoms with van der Waals surface area (Å²) in [5.41, 5.74) is 2.08. The van der Waals surface area contributed by atoms with Crippen LogP contribution in [-0.4, -0.2) is 61.4 Å². The van der Waals surface area contributed by atoms with Crippen molar-refractivity contribution in [1.82, 2.24) is 4.98 Å². The average Bonchev–Trinajstić information content (AvgIpc) is 3.00. The number of ether oxygens (including phenoxy) is 2. The highest BCUT2D eigenvalue weighted by Crippen LogP contribution is 2.37. The third-order valence-electron chi connectivity index (χ3n) is 6.95. The number of pyridine rings is 1. The van der Waals surface area contributed by atoms with Gasteiger partial charge in [0, 0.05) is 23.5 Å². The van der Waals surface area contributed by atoms with Gasteiger partial charge in [-0.05, 0) is 45.2 Å². The van der Waals surface area contributed by atoms with Crippen LogP contribution in [0.15, 0.2) is 40.4 Å². The Morgan fingerprint density at radius 2 is 1.64 bits per heavy atom. The van der Waals surface area contributed by atoms with Gasteiger partial charge in [-0.15, -0.1) is 0 Å². The van der Waals surface area contributed by atoms with E-state index >= 15 is 0 Å². The number of methoxy groups -OCH3 is 2. The molecule has 1 fully saturated rings. The first-order valence-corrected chi connectivity index (χ1v) is 11.5. The molecule has 8 heteroatoms. The smallest absolute Gasteiger partial charge is 0.483 e. The number of hydrogen-bond acceptors (Lipinski definition) is 7. The average molecular weight is 451 g/mol. The van der Waals surface area contributed by atoms with E-state index in [2.05, 4.69) is 59.7 Å². The summed E-state index contributed by atoms with van der Waals surface area (Å²) < 4.78 is 23.8. The van der Waals surface area contributed by atoms with Crippen LogP contribution >= 0.6 is 0 Å². The molecular formula is C25H34BN3O4. The Morgan fingerprint density at radius 1 is 0.970 bits per heavy atom. The van der Waals surface area contributed by atoms with Crippen molar-refractivity contribution in [3.8, 4) is 0 Å². The SMILES string of the molecule is COC1=N[C@H](C(C)C)C(OC)=N[C@H]1Cc1ccc(B2OC(C)(C)C(C)(C)O2)c2ncccc12. The van der Waals surface area contributed by atoms with E-state index in [9.17, 15) is 0 Å². The molecule has 0 aliphatic carbocycles. The number of rotatable bonds is 4. The highest BCUT2D eigenvalue weighted by atomic mass is 16.7. The maximum absolute atomic E-state index is 6.31. The molecule has 0 amide bonds. The lowest BCUT2D eigenvalue weighted by Crippen LogP contribution is -2.41. The Hall–Kier alpha value is -2.45. The third-order valence-corrected chi connectivity index (χ3v) is 6.95. The number of fused-ring (bicyclic) bond motifs is 1. The zero-order valence-corrected chi connectivity index (χ0v) is 20.9. The Balaban J connectivity index is 1.70. The summed E-state index contributed by atoms with van der Waals surface area (Å²) >= 11 is 0. The first-order chi connectivity index (χ1) is 15.6. The molecule has 0 bridgehead atoms. The van der Waals surface area contributed by atoms with Gasteiger partial charge < -0.3 is 18.8 Å². The van der Waals surface area contributed by atoms with Crippen molar-refractivity contribution in [2.45, 2.75) is 71.2 Å². The molecule has 1 aromatic heterocycles. The molecule has 0 saturated carbocycles. The topological polar surface area (TPSA) is 74.5 Å². The second kappa shape index (κ2) is 8.72. The highest BCUT2D eigenvalue weighted by Gasteiger charge is 2.52. The summed E-state index contributed by atoms with van der Waals surface area (Å²) in [6.07, 6.45) is 2.42. The van der Waals surface area contributed by atoms with Gasteiger partial charge in [-0.3, -0.25) is 4.98 Å². The Labute approximate surface area is 196 Å². The van der Waals surface area contributed by atoms with E-state index in [-0.39, 0.29) is 18.0 Å². The van der Waals surface area contributed by atoms with E-state index in [4.69, 9.17) is 33.8 Å². The number of nitrogens with zero attached hydrogens (tertiary/aromatic N) is 3. The second-order valence-electron chi connectivity index (χ2n) is 10.1. The number of aromatic nitrogens is 1. The van der Waals surface area contributed by atoms with Crippen LogP contribution in [0.3, 0.4) is 0 Å². The van der Waals surface area contributed by atoms with Crippen molar-refractivity contribution in [2.24, 2.45) is 15.9 Å². The standard InChI is InChI=1S/C25H34BN3O4/c1-15(2)20-23(31-8)28-19(22(29-20)30-7)14-16-11-12-18(21-17(16)10-9-13-27-21)26-32-24(3,4)25(5,6)33-26/h9-13,15,19-20H,14H2,1-8H3/t19-,20+/m0/s1. The van der Waals surface area contributed by atoms with Gasteiger partial charge in [0.05, 0.1) is 30.9 Å². The van der Waals surface area contributed by atoms with Gasteiger partial charge in [0.2, 0.25) is 11.8 Å². The summed E-state index contributed by atoms with van der Waals surface area (Å²) in [5, 5.41) is 1.04. The lowest BCUT2D eigenvalue weighted by molar-refractivity contribution is 0.00578. The number of aliphatic imine (C=N–C) groups is 2. The minimum Gasteiger partial charge on any atom is -0.483 e. The minimum atomic E-state index is -0.475. The van der Waals surface area contributed by atoms with Gasteiger partial charge >= 0.3 is 7.12 Å². The predicted molar refractivity (Wildman–Crippen MR) is 132 cm³/mol. The van der Waals surface area contributed by atoms with Crippen LogP contribution in [0.25, 0.3) is 10.9 Å². The molecule has 2 atom stereocenters. The molecule has 4 rings (SSSR count). The Kier molecular flexibility index (Phi) is 6.27. The fourth-order valence-corrected chi connectivity index (χ4v) is 4.29. The summed E-state index contributed by atoms with van der Waals surface area (Å²) in [4.78, 5) is 14.4. The third kappa shape index (κ3) is 4.26. The molecule has 2 aliphatic heterocycles. The van der Waals surface area contributed by atoms with Crippen molar-refractivity contribution in [1.29, 1.82) is 0 Å². The maximum atomic E-state index is 6.31. The molecule has 3 heterocycles. The Bertz CT molecular complexity index is 1080. The quantitative estimate of drug-likeness (QED) is 0.665. The summed E-state index contributed by atoms with van der Waals surface area (Å²) in [6.45, 7) is 12.4. The van der Waals surface area contributed by atoms with Crippen molar-refractivity contribution >= 4 is 35.3 Å².